The van der Waals surface area contributed by atoms with Crippen LogP contribution in [0.3, 0.4) is 0 Å². The van der Waals surface area contributed by atoms with Crippen molar-refractivity contribution in [3.8, 4) is 0 Å². The van der Waals surface area contributed by atoms with Gasteiger partial charge >= 0.3 is 5.97 Å². The molecule has 3 rings (SSSR count). The predicted octanol–water partition coefficient (Wildman–Crippen LogP) is 1.71. The minimum atomic E-state index is -1.04. The molecule has 1 saturated heterocycles. The number of benzene rings is 1. The second kappa shape index (κ2) is 5.46. The van der Waals surface area contributed by atoms with Crippen molar-refractivity contribution in [2.45, 2.75) is 20.0 Å². The van der Waals surface area contributed by atoms with Crippen LogP contribution in [-0.2, 0) is 9.53 Å². The summed E-state index contributed by atoms with van der Waals surface area (Å²) in [4.78, 5) is 28.2. The van der Waals surface area contributed by atoms with Crippen molar-refractivity contribution in [1.29, 1.82) is 0 Å². The third-order valence-corrected chi connectivity index (χ3v) is 4.20. The van der Waals surface area contributed by atoms with E-state index in [9.17, 15) is 9.59 Å². The van der Waals surface area contributed by atoms with Crippen molar-refractivity contribution in [2.24, 2.45) is 0 Å². The van der Waals surface area contributed by atoms with E-state index in [4.69, 9.17) is 9.84 Å². The highest BCUT2D eigenvalue weighted by atomic mass is 16.5. The highest BCUT2D eigenvalue weighted by Gasteiger charge is 2.30. The maximum Gasteiger partial charge on any atom is 0.334 e. The quantitative estimate of drug-likeness (QED) is 0.884. The highest BCUT2D eigenvalue weighted by Crippen LogP contribution is 2.23. The van der Waals surface area contributed by atoms with Crippen LogP contribution in [0, 0.1) is 13.8 Å². The fourth-order valence-electron chi connectivity index (χ4n) is 2.73. The molecule has 1 aromatic carbocycles. The monoisotopic (exact) mass is 302 g/mol. The molecule has 2 aromatic rings. The average Bonchev–Trinajstić information content (AvgIpc) is 2.95. The molecule has 1 atom stereocenters. The van der Waals surface area contributed by atoms with E-state index in [1.165, 1.54) is 10.5 Å². The normalized spacial score (nSPS) is 18.6. The van der Waals surface area contributed by atoms with Crippen LogP contribution in [0.5, 0.6) is 0 Å². The summed E-state index contributed by atoms with van der Waals surface area (Å²) in [5, 5.41) is 10.0. The highest BCUT2D eigenvalue weighted by molar-refractivity contribution is 5.99. The lowest BCUT2D eigenvalue weighted by atomic mass is 10.1. The Morgan fingerprint density at radius 3 is 2.86 bits per heavy atom. The number of carbonyl (C=O) groups is 2. The van der Waals surface area contributed by atoms with Gasteiger partial charge in [0.25, 0.3) is 5.91 Å². The number of morpholine rings is 1. The van der Waals surface area contributed by atoms with Crippen molar-refractivity contribution in [3.05, 3.63) is 35.0 Å². The van der Waals surface area contributed by atoms with E-state index in [1.54, 1.807) is 0 Å². The van der Waals surface area contributed by atoms with Crippen LogP contribution >= 0.6 is 0 Å². The van der Waals surface area contributed by atoms with Gasteiger partial charge in [0, 0.05) is 17.4 Å². The van der Waals surface area contributed by atoms with Gasteiger partial charge < -0.3 is 19.7 Å². The van der Waals surface area contributed by atoms with Crippen molar-refractivity contribution in [3.63, 3.8) is 0 Å². The van der Waals surface area contributed by atoms with Gasteiger partial charge in [-0.2, -0.15) is 0 Å². The van der Waals surface area contributed by atoms with Gasteiger partial charge in [-0.05, 0) is 37.1 Å². The molecule has 0 unspecified atom stereocenters. The Labute approximate surface area is 127 Å². The first-order chi connectivity index (χ1) is 10.5. The second-order valence-electron chi connectivity index (χ2n) is 5.60. The third-order valence-electron chi connectivity index (χ3n) is 4.20. The number of hydrogen-bond donors (Lipinski definition) is 2. The molecule has 0 radical (unpaired) electrons. The standard InChI is InChI=1S/C16H18N2O4/c1-9-3-4-12-11(10(9)2)7-13(17-12)15(19)18-5-6-22-14(8-18)16(20)21/h3-4,7,14,17H,5-6,8H2,1-2H3,(H,20,21)/t14-/m0/s1. The number of amides is 1. The van der Waals surface area contributed by atoms with Crippen molar-refractivity contribution in [1.82, 2.24) is 9.88 Å². The molecular formula is C16H18N2O4. The summed E-state index contributed by atoms with van der Waals surface area (Å²) in [7, 11) is 0. The van der Waals surface area contributed by atoms with Crippen molar-refractivity contribution < 1.29 is 19.4 Å². The fourth-order valence-corrected chi connectivity index (χ4v) is 2.73. The Morgan fingerprint density at radius 1 is 1.36 bits per heavy atom. The molecule has 2 N–H and O–H groups in total. The Hall–Kier alpha value is -2.34. The van der Waals surface area contributed by atoms with Crippen molar-refractivity contribution >= 4 is 22.8 Å². The average molecular weight is 302 g/mol. The van der Waals surface area contributed by atoms with Crippen LogP contribution in [0.4, 0.5) is 0 Å². The van der Waals surface area contributed by atoms with Crippen LogP contribution in [0.2, 0.25) is 0 Å². The topological polar surface area (TPSA) is 82.6 Å². The number of aliphatic carboxylic acids is 1. The molecule has 1 aliphatic rings. The Morgan fingerprint density at radius 2 is 2.14 bits per heavy atom. The van der Waals surface area contributed by atoms with Gasteiger partial charge in [-0.25, -0.2) is 4.79 Å². The zero-order valence-corrected chi connectivity index (χ0v) is 12.5. The van der Waals surface area contributed by atoms with Crippen LogP contribution in [0.1, 0.15) is 21.6 Å². The number of hydrogen-bond acceptors (Lipinski definition) is 3. The molecule has 0 saturated carbocycles. The van der Waals surface area contributed by atoms with Crippen molar-refractivity contribution in [2.75, 3.05) is 19.7 Å². The van der Waals surface area contributed by atoms with E-state index in [1.807, 2.05) is 32.0 Å². The molecule has 6 nitrogen and oxygen atoms in total. The lowest BCUT2D eigenvalue weighted by molar-refractivity contribution is -0.154. The second-order valence-corrected chi connectivity index (χ2v) is 5.60. The number of fused-ring (bicyclic) bond motifs is 1. The molecule has 6 heteroatoms. The Balaban J connectivity index is 1.89. The molecule has 1 aliphatic heterocycles. The molecule has 0 bridgehead atoms. The number of aromatic nitrogens is 1. The largest absolute Gasteiger partial charge is 0.479 e. The Bertz CT molecular complexity index is 750. The summed E-state index contributed by atoms with van der Waals surface area (Å²) in [6.45, 7) is 4.76. The number of ether oxygens (including phenoxy) is 1. The number of aryl methyl sites for hydroxylation is 2. The van der Waals surface area contributed by atoms with Crippen LogP contribution < -0.4 is 0 Å². The molecular weight excluding hydrogens is 284 g/mol. The van der Waals surface area contributed by atoms with E-state index >= 15 is 0 Å². The third kappa shape index (κ3) is 2.46. The number of carbonyl (C=O) groups excluding carboxylic acids is 1. The van der Waals surface area contributed by atoms with Gasteiger partial charge in [0.2, 0.25) is 0 Å². The Kier molecular flexibility index (Phi) is 3.62. The maximum atomic E-state index is 12.6. The van der Waals surface area contributed by atoms with Gasteiger partial charge in [0.1, 0.15) is 5.69 Å². The number of carboxylic acid groups (broad SMARTS) is 1. The summed E-state index contributed by atoms with van der Waals surface area (Å²) in [5.74, 6) is -1.23. The maximum absolute atomic E-state index is 12.6. The smallest absolute Gasteiger partial charge is 0.334 e. The van der Waals surface area contributed by atoms with Crippen LogP contribution in [0.25, 0.3) is 10.9 Å². The van der Waals surface area contributed by atoms with E-state index < -0.39 is 12.1 Å². The van der Waals surface area contributed by atoms with Gasteiger partial charge in [0.05, 0.1) is 13.2 Å². The lowest BCUT2D eigenvalue weighted by Crippen LogP contribution is -2.48. The number of nitrogens with one attached hydrogen (secondary N) is 1. The SMILES string of the molecule is Cc1ccc2[nH]c(C(=O)N3CCO[C@H](C(=O)O)C3)cc2c1C. The molecule has 1 fully saturated rings. The molecule has 1 aromatic heterocycles. The molecule has 22 heavy (non-hydrogen) atoms. The number of H-pyrrole nitrogens is 1. The molecule has 0 aliphatic carbocycles. The minimum absolute atomic E-state index is 0.0710. The first kappa shape index (κ1) is 14.6. The first-order valence-corrected chi connectivity index (χ1v) is 7.20. The zero-order valence-electron chi connectivity index (χ0n) is 12.5. The summed E-state index contributed by atoms with van der Waals surface area (Å²) in [6.07, 6.45) is -0.953. The molecule has 2 heterocycles. The number of nitrogens with zero attached hydrogens (tertiary/aromatic N) is 1. The number of carboxylic acids is 1. The van der Waals surface area contributed by atoms with E-state index in [0.717, 1.165) is 16.5 Å². The fraction of sp³-hybridized carbons (Fsp3) is 0.375. The van der Waals surface area contributed by atoms with E-state index in [0.29, 0.717) is 12.2 Å². The predicted molar refractivity (Wildman–Crippen MR) is 81.1 cm³/mol. The van der Waals surface area contributed by atoms with E-state index in [-0.39, 0.29) is 19.1 Å². The summed E-state index contributed by atoms with van der Waals surface area (Å²) in [6, 6.07) is 5.80. The van der Waals surface area contributed by atoms with Gasteiger partial charge in [0.15, 0.2) is 6.10 Å². The minimum Gasteiger partial charge on any atom is -0.479 e. The summed E-state index contributed by atoms with van der Waals surface area (Å²) < 4.78 is 5.15. The molecule has 0 spiro atoms. The van der Waals surface area contributed by atoms with Gasteiger partial charge in [-0.15, -0.1) is 0 Å². The van der Waals surface area contributed by atoms with Gasteiger partial charge in [-0.1, -0.05) is 6.07 Å². The van der Waals surface area contributed by atoms with Gasteiger partial charge in [-0.3, -0.25) is 4.79 Å². The molecule has 1 amide bonds. The van der Waals surface area contributed by atoms with E-state index in [2.05, 4.69) is 4.98 Å². The summed E-state index contributed by atoms with van der Waals surface area (Å²) in [5.41, 5.74) is 3.70. The van der Waals surface area contributed by atoms with Crippen LogP contribution in [-0.4, -0.2) is 52.7 Å². The number of rotatable bonds is 2. The zero-order chi connectivity index (χ0) is 15.9. The lowest BCUT2D eigenvalue weighted by Gasteiger charge is -2.30. The molecule has 116 valence electrons. The van der Waals surface area contributed by atoms with Crippen LogP contribution in [0.15, 0.2) is 18.2 Å². The first-order valence-electron chi connectivity index (χ1n) is 7.20. The number of aromatic amines is 1. The summed E-state index contributed by atoms with van der Waals surface area (Å²) >= 11 is 0.